The standard InChI is InChI=1S/C14H20N4S/c1-10-7-12-13(8-11(10)2)17-14(16-12)19-9-18-5-3-15-4-6-18/h7-8,15H,3-6,9H2,1-2H3,(H,16,17). The van der Waals surface area contributed by atoms with Crippen LogP contribution in [0, 0.1) is 13.8 Å². The van der Waals surface area contributed by atoms with Gasteiger partial charge < -0.3 is 10.3 Å². The topological polar surface area (TPSA) is 44.0 Å². The van der Waals surface area contributed by atoms with E-state index in [4.69, 9.17) is 0 Å². The van der Waals surface area contributed by atoms with Crippen LogP contribution >= 0.6 is 11.8 Å². The van der Waals surface area contributed by atoms with E-state index >= 15 is 0 Å². The molecule has 0 spiro atoms. The minimum Gasteiger partial charge on any atom is -0.333 e. The maximum atomic E-state index is 4.66. The summed E-state index contributed by atoms with van der Waals surface area (Å²) in [6.45, 7) is 8.73. The Kier molecular flexibility index (Phi) is 3.77. The zero-order chi connectivity index (χ0) is 13.2. The van der Waals surface area contributed by atoms with E-state index in [1.54, 1.807) is 11.8 Å². The third-order valence-electron chi connectivity index (χ3n) is 3.67. The fourth-order valence-corrected chi connectivity index (χ4v) is 3.22. The van der Waals surface area contributed by atoms with Gasteiger partial charge in [-0.05, 0) is 37.1 Å². The smallest absolute Gasteiger partial charge is 0.167 e. The number of fused-ring (bicyclic) bond motifs is 1. The molecule has 0 atom stereocenters. The van der Waals surface area contributed by atoms with Gasteiger partial charge in [0.2, 0.25) is 0 Å². The Hall–Kier alpha value is -1.04. The van der Waals surface area contributed by atoms with E-state index in [0.29, 0.717) is 0 Å². The molecule has 1 saturated heterocycles. The Labute approximate surface area is 118 Å². The highest BCUT2D eigenvalue weighted by molar-refractivity contribution is 7.99. The van der Waals surface area contributed by atoms with E-state index in [0.717, 1.165) is 48.2 Å². The van der Waals surface area contributed by atoms with Crippen molar-refractivity contribution in [3.8, 4) is 0 Å². The lowest BCUT2D eigenvalue weighted by atomic mass is 10.1. The molecule has 0 unspecified atom stereocenters. The van der Waals surface area contributed by atoms with Crippen LogP contribution in [0.4, 0.5) is 0 Å². The van der Waals surface area contributed by atoms with Gasteiger partial charge in [0.15, 0.2) is 5.16 Å². The molecule has 1 fully saturated rings. The molecule has 1 aliphatic rings. The van der Waals surface area contributed by atoms with Crippen LogP contribution < -0.4 is 5.32 Å². The molecule has 3 rings (SSSR count). The van der Waals surface area contributed by atoms with Crippen LogP contribution in [0.25, 0.3) is 11.0 Å². The Bertz CT molecular complexity index is 533. The van der Waals surface area contributed by atoms with Crippen molar-refractivity contribution in [3.05, 3.63) is 23.3 Å². The van der Waals surface area contributed by atoms with Crippen LogP contribution in [0.1, 0.15) is 11.1 Å². The van der Waals surface area contributed by atoms with E-state index in [2.05, 4.69) is 46.2 Å². The number of H-pyrrole nitrogens is 1. The van der Waals surface area contributed by atoms with Crippen LogP contribution in [-0.4, -0.2) is 46.9 Å². The van der Waals surface area contributed by atoms with Crippen molar-refractivity contribution in [1.29, 1.82) is 0 Å². The second kappa shape index (κ2) is 5.53. The van der Waals surface area contributed by atoms with Gasteiger partial charge in [-0.25, -0.2) is 4.98 Å². The number of aromatic nitrogens is 2. The highest BCUT2D eigenvalue weighted by Crippen LogP contribution is 2.22. The maximum absolute atomic E-state index is 4.66. The van der Waals surface area contributed by atoms with E-state index in [9.17, 15) is 0 Å². The molecule has 102 valence electrons. The largest absolute Gasteiger partial charge is 0.333 e. The Morgan fingerprint density at radius 1 is 1.21 bits per heavy atom. The first-order valence-corrected chi connectivity index (χ1v) is 7.74. The number of hydrogen-bond donors (Lipinski definition) is 2. The molecule has 1 aliphatic heterocycles. The van der Waals surface area contributed by atoms with E-state index in [1.165, 1.54) is 11.1 Å². The number of rotatable bonds is 3. The molecule has 0 bridgehead atoms. The number of aryl methyl sites for hydroxylation is 2. The molecule has 2 N–H and O–H groups in total. The number of nitrogens with one attached hydrogen (secondary N) is 2. The summed E-state index contributed by atoms with van der Waals surface area (Å²) in [5.74, 6) is 1.01. The molecule has 0 aliphatic carbocycles. The summed E-state index contributed by atoms with van der Waals surface area (Å²) in [7, 11) is 0. The first kappa shape index (κ1) is 13.0. The fourth-order valence-electron chi connectivity index (χ4n) is 2.31. The first-order chi connectivity index (χ1) is 9.22. The minimum absolute atomic E-state index is 1.01. The highest BCUT2D eigenvalue weighted by atomic mass is 32.2. The van der Waals surface area contributed by atoms with Gasteiger partial charge in [0.25, 0.3) is 0 Å². The predicted molar refractivity (Wildman–Crippen MR) is 80.7 cm³/mol. The summed E-state index contributed by atoms with van der Waals surface area (Å²) in [6, 6.07) is 4.35. The van der Waals surface area contributed by atoms with Crippen molar-refractivity contribution in [1.82, 2.24) is 20.2 Å². The molecule has 2 aromatic rings. The van der Waals surface area contributed by atoms with Crippen LogP contribution in [-0.2, 0) is 0 Å². The molecule has 1 aromatic carbocycles. The number of aromatic amines is 1. The molecule has 1 aromatic heterocycles. The molecule has 0 saturated carbocycles. The van der Waals surface area contributed by atoms with Crippen molar-refractivity contribution < 1.29 is 0 Å². The second-order valence-electron chi connectivity index (χ2n) is 5.14. The van der Waals surface area contributed by atoms with Gasteiger partial charge >= 0.3 is 0 Å². The summed E-state index contributed by atoms with van der Waals surface area (Å²) < 4.78 is 0. The number of imidazole rings is 1. The molecule has 4 nitrogen and oxygen atoms in total. The maximum Gasteiger partial charge on any atom is 0.167 e. The van der Waals surface area contributed by atoms with Gasteiger partial charge in [0.1, 0.15) is 0 Å². The lowest BCUT2D eigenvalue weighted by Gasteiger charge is -2.26. The van der Waals surface area contributed by atoms with Gasteiger partial charge in [-0.15, -0.1) is 0 Å². The van der Waals surface area contributed by atoms with Crippen LogP contribution in [0.15, 0.2) is 17.3 Å². The van der Waals surface area contributed by atoms with Crippen molar-refractivity contribution >= 4 is 22.8 Å². The SMILES string of the molecule is Cc1cc2nc(SCN3CCNCC3)[nH]c2cc1C. The Morgan fingerprint density at radius 2 is 1.95 bits per heavy atom. The molecule has 19 heavy (non-hydrogen) atoms. The van der Waals surface area contributed by atoms with Crippen molar-refractivity contribution in [3.63, 3.8) is 0 Å². The molecule has 0 amide bonds. The van der Waals surface area contributed by atoms with Gasteiger partial charge in [0.05, 0.1) is 16.9 Å². The Morgan fingerprint density at radius 3 is 2.74 bits per heavy atom. The van der Waals surface area contributed by atoms with E-state index in [1.807, 2.05) is 0 Å². The van der Waals surface area contributed by atoms with Crippen LogP contribution in [0.3, 0.4) is 0 Å². The molecule has 5 heteroatoms. The number of thioether (sulfide) groups is 1. The van der Waals surface area contributed by atoms with Crippen molar-refractivity contribution in [2.45, 2.75) is 19.0 Å². The van der Waals surface area contributed by atoms with Crippen LogP contribution in [0.2, 0.25) is 0 Å². The average molecular weight is 276 g/mol. The summed E-state index contributed by atoms with van der Waals surface area (Å²) in [5, 5.41) is 4.40. The molecular weight excluding hydrogens is 256 g/mol. The third kappa shape index (κ3) is 2.94. The monoisotopic (exact) mass is 276 g/mol. The number of piperazine rings is 1. The summed E-state index contributed by atoms with van der Waals surface area (Å²) in [4.78, 5) is 10.5. The van der Waals surface area contributed by atoms with Gasteiger partial charge in [-0.2, -0.15) is 0 Å². The van der Waals surface area contributed by atoms with Gasteiger partial charge in [0, 0.05) is 26.2 Å². The quantitative estimate of drug-likeness (QED) is 0.843. The third-order valence-corrected chi connectivity index (χ3v) is 4.63. The van der Waals surface area contributed by atoms with E-state index < -0.39 is 0 Å². The normalized spacial score (nSPS) is 17.2. The number of nitrogens with zero attached hydrogens (tertiary/aromatic N) is 2. The number of benzene rings is 1. The summed E-state index contributed by atoms with van der Waals surface area (Å²) >= 11 is 1.80. The first-order valence-electron chi connectivity index (χ1n) is 6.75. The summed E-state index contributed by atoms with van der Waals surface area (Å²) in [5.41, 5.74) is 4.84. The number of hydrogen-bond acceptors (Lipinski definition) is 4. The predicted octanol–water partition coefficient (Wildman–Crippen LogP) is 2.13. The lowest BCUT2D eigenvalue weighted by Crippen LogP contribution is -2.43. The highest BCUT2D eigenvalue weighted by Gasteiger charge is 2.11. The summed E-state index contributed by atoms with van der Waals surface area (Å²) in [6.07, 6.45) is 0. The van der Waals surface area contributed by atoms with Crippen LogP contribution in [0.5, 0.6) is 0 Å². The molecule has 2 heterocycles. The zero-order valence-electron chi connectivity index (χ0n) is 11.5. The van der Waals surface area contributed by atoms with Crippen molar-refractivity contribution in [2.75, 3.05) is 32.1 Å². The van der Waals surface area contributed by atoms with E-state index in [-0.39, 0.29) is 0 Å². The van der Waals surface area contributed by atoms with Gasteiger partial charge in [-0.1, -0.05) is 11.8 Å². The molecule has 0 radical (unpaired) electrons. The van der Waals surface area contributed by atoms with Crippen molar-refractivity contribution in [2.24, 2.45) is 0 Å². The fraction of sp³-hybridized carbons (Fsp3) is 0.500. The van der Waals surface area contributed by atoms with Gasteiger partial charge in [-0.3, -0.25) is 4.90 Å². The average Bonchev–Trinajstić information content (AvgIpc) is 2.80. The zero-order valence-corrected chi connectivity index (χ0v) is 12.3. The lowest BCUT2D eigenvalue weighted by molar-refractivity contribution is 0.280. The Balaban J connectivity index is 1.70. The minimum atomic E-state index is 1.01. The molecular formula is C14H20N4S. The second-order valence-corrected chi connectivity index (χ2v) is 6.07.